The molecule has 0 fully saturated rings. The maximum Gasteiger partial charge on any atom is 0.232 e. The number of hydrogen-bond acceptors (Lipinski definition) is 5. The van der Waals surface area contributed by atoms with Crippen LogP contribution in [0.1, 0.15) is 23.1 Å². The van der Waals surface area contributed by atoms with Gasteiger partial charge in [0.25, 0.3) is 0 Å². The lowest BCUT2D eigenvalue weighted by atomic mass is 10.00. The summed E-state index contributed by atoms with van der Waals surface area (Å²) in [6.07, 6.45) is 1.58. The highest BCUT2D eigenvalue weighted by atomic mass is 32.2. The lowest BCUT2D eigenvalue weighted by molar-refractivity contribution is 0.484. The van der Waals surface area contributed by atoms with Crippen LogP contribution in [0, 0.1) is 19.7 Å². The minimum absolute atomic E-state index is 0.101. The van der Waals surface area contributed by atoms with Crippen molar-refractivity contribution < 1.29 is 17.2 Å². The molecular formula is C21H24F2N4O2S. The summed E-state index contributed by atoms with van der Waals surface area (Å²) in [4.78, 5) is 6.19. The molecule has 0 saturated heterocycles. The molecule has 1 heterocycles. The number of halogens is 2. The van der Waals surface area contributed by atoms with E-state index in [0.717, 1.165) is 22.5 Å². The standard InChI is InChI=1S/C21H24F2N4O2S/c1-13-17(8-9-19-20(13)15(3)27(4)12-24-19)25-21-14(2)18(7-6-16(21)23)26-30(28,29)11-5-10-22/h6-9,12,25-26H,3,5,10-11H2,1-2,4H3. The number of nitrogens with one attached hydrogen (secondary N) is 2. The molecular weight excluding hydrogens is 410 g/mol. The number of nitrogens with zero attached hydrogens (tertiary/aromatic N) is 2. The summed E-state index contributed by atoms with van der Waals surface area (Å²) in [7, 11) is -1.88. The van der Waals surface area contributed by atoms with Gasteiger partial charge in [0.15, 0.2) is 0 Å². The van der Waals surface area contributed by atoms with Crippen LogP contribution in [-0.4, -0.2) is 39.1 Å². The molecule has 2 aromatic carbocycles. The molecule has 0 saturated carbocycles. The Labute approximate surface area is 175 Å². The van der Waals surface area contributed by atoms with E-state index < -0.39 is 22.5 Å². The number of rotatable bonds is 7. The maximum absolute atomic E-state index is 14.6. The quantitative estimate of drug-likeness (QED) is 0.653. The number of anilines is 3. The van der Waals surface area contributed by atoms with Gasteiger partial charge >= 0.3 is 0 Å². The SMILES string of the molecule is C=C1c2c(ccc(Nc3c(F)ccc(NS(=O)(=O)CCCF)c3C)c2C)N=CN1C. The van der Waals surface area contributed by atoms with Crippen LogP contribution in [0.15, 0.2) is 35.8 Å². The van der Waals surface area contributed by atoms with Gasteiger partial charge in [-0.15, -0.1) is 0 Å². The van der Waals surface area contributed by atoms with Gasteiger partial charge in [-0.3, -0.25) is 9.11 Å². The number of sulfonamides is 1. The van der Waals surface area contributed by atoms with E-state index in [1.54, 1.807) is 24.2 Å². The molecule has 0 aliphatic carbocycles. The summed E-state index contributed by atoms with van der Waals surface area (Å²) >= 11 is 0. The Bertz CT molecular complexity index is 1130. The van der Waals surface area contributed by atoms with Crippen molar-refractivity contribution in [2.24, 2.45) is 4.99 Å². The minimum Gasteiger partial charge on any atom is -0.353 e. The maximum atomic E-state index is 14.6. The van der Waals surface area contributed by atoms with E-state index in [2.05, 4.69) is 21.6 Å². The van der Waals surface area contributed by atoms with E-state index in [9.17, 15) is 17.2 Å². The second-order valence-corrected chi connectivity index (χ2v) is 8.96. The van der Waals surface area contributed by atoms with E-state index in [-0.39, 0.29) is 23.5 Å². The minimum atomic E-state index is -3.73. The zero-order valence-corrected chi connectivity index (χ0v) is 17.9. The summed E-state index contributed by atoms with van der Waals surface area (Å²) in [6, 6.07) is 6.15. The molecule has 3 rings (SSSR count). The van der Waals surface area contributed by atoms with Gasteiger partial charge in [-0.2, -0.15) is 0 Å². The highest BCUT2D eigenvalue weighted by molar-refractivity contribution is 7.92. The van der Waals surface area contributed by atoms with Crippen molar-refractivity contribution in [1.82, 2.24) is 4.90 Å². The van der Waals surface area contributed by atoms with Gasteiger partial charge in [0, 0.05) is 24.0 Å². The molecule has 0 amide bonds. The highest BCUT2D eigenvalue weighted by Crippen LogP contribution is 2.39. The van der Waals surface area contributed by atoms with Crippen LogP contribution in [0.3, 0.4) is 0 Å². The topological polar surface area (TPSA) is 73.8 Å². The third-order valence-electron chi connectivity index (χ3n) is 5.01. The van der Waals surface area contributed by atoms with Crippen LogP contribution in [0.5, 0.6) is 0 Å². The Balaban J connectivity index is 1.97. The van der Waals surface area contributed by atoms with Crippen molar-refractivity contribution in [3.05, 3.63) is 53.4 Å². The summed E-state index contributed by atoms with van der Waals surface area (Å²) in [5.74, 6) is -0.867. The second kappa shape index (κ2) is 8.43. The lowest BCUT2D eigenvalue weighted by Gasteiger charge is -2.26. The first kappa shape index (κ1) is 21.8. The van der Waals surface area contributed by atoms with E-state index in [1.165, 1.54) is 12.1 Å². The fourth-order valence-electron chi connectivity index (χ4n) is 3.24. The Hall–Kier alpha value is -2.94. The fraction of sp³-hybridized carbons (Fsp3) is 0.286. The highest BCUT2D eigenvalue weighted by Gasteiger charge is 2.20. The van der Waals surface area contributed by atoms with Gasteiger partial charge in [0.05, 0.1) is 35.8 Å². The molecule has 160 valence electrons. The molecule has 0 aromatic heterocycles. The first-order chi connectivity index (χ1) is 14.1. The summed E-state index contributed by atoms with van der Waals surface area (Å²) in [5.41, 5.74) is 4.68. The van der Waals surface area contributed by atoms with E-state index >= 15 is 0 Å². The normalized spacial score (nSPS) is 13.4. The van der Waals surface area contributed by atoms with Crippen molar-refractivity contribution in [2.45, 2.75) is 20.3 Å². The molecule has 0 bridgehead atoms. The molecule has 6 nitrogen and oxygen atoms in total. The van der Waals surface area contributed by atoms with Crippen LogP contribution in [0.25, 0.3) is 5.70 Å². The first-order valence-corrected chi connectivity index (χ1v) is 11.0. The predicted molar refractivity (Wildman–Crippen MR) is 119 cm³/mol. The number of alkyl halides is 1. The van der Waals surface area contributed by atoms with Crippen molar-refractivity contribution >= 4 is 44.8 Å². The van der Waals surface area contributed by atoms with E-state index in [0.29, 0.717) is 11.3 Å². The van der Waals surface area contributed by atoms with Crippen LogP contribution in [0.4, 0.5) is 31.5 Å². The van der Waals surface area contributed by atoms with E-state index in [1.807, 2.05) is 20.0 Å². The Kier molecular flexibility index (Phi) is 6.12. The summed E-state index contributed by atoms with van der Waals surface area (Å²) in [6.45, 7) is 6.87. The Morgan fingerprint density at radius 3 is 2.53 bits per heavy atom. The largest absolute Gasteiger partial charge is 0.353 e. The van der Waals surface area contributed by atoms with E-state index in [4.69, 9.17) is 0 Å². The van der Waals surface area contributed by atoms with Gasteiger partial charge in [0.2, 0.25) is 10.0 Å². The van der Waals surface area contributed by atoms with Crippen LogP contribution >= 0.6 is 0 Å². The smallest absolute Gasteiger partial charge is 0.232 e. The average Bonchev–Trinajstić information content (AvgIpc) is 2.70. The number of hydrogen-bond donors (Lipinski definition) is 2. The average molecular weight is 435 g/mol. The summed E-state index contributed by atoms with van der Waals surface area (Å²) < 4.78 is 53.6. The van der Waals surface area contributed by atoms with Gasteiger partial charge < -0.3 is 10.2 Å². The second-order valence-electron chi connectivity index (χ2n) is 7.12. The third-order valence-corrected chi connectivity index (χ3v) is 6.37. The first-order valence-electron chi connectivity index (χ1n) is 9.37. The van der Waals surface area contributed by atoms with Gasteiger partial charge in [-0.05, 0) is 55.7 Å². The van der Waals surface area contributed by atoms with Gasteiger partial charge in [-0.1, -0.05) is 6.58 Å². The van der Waals surface area contributed by atoms with Gasteiger partial charge in [-0.25, -0.2) is 17.8 Å². The van der Waals surface area contributed by atoms with Crippen molar-refractivity contribution in [3.8, 4) is 0 Å². The van der Waals surface area contributed by atoms with Crippen LogP contribution < -0.4 is 10.0 Å². The number of aliphatic imine (C=N–C) groups is 1. The molecule has 30 heavy (non-hydrogen) atoms. The van der Waals surface area contributed by atoms with Crippen molar-refractivity contribution in [3.63, 3.8) is 0 Å². The Morgan fingerprint density at radius 2 is 1.83 bits per heavy atom. The molecule has 1 aliphatic rings. The zero-order valence-electron chi connectivity index (χ0n) is 17.1. The predicted octanol–water partition coefficient (Wildman–Crippen LogP) is 4.86. The molecule has 0 radical (unpaired) electrons. The Morgan fingerprint density at radius 1 is 1.13 bits per heavy atom. The third kappa shape index (κ3) is 4.30. The zero-order chi connectivity index (χ0) is 22.1. The lowest BCUT2D eigenvalue weighted by Crippen LogP contribution is -2.18. The fourth-order valence-corrected chi connectivity index (χ4v) is 4.39. The molecule has 2 aromatic rings. The molecule has 2 N–H and O–H groups in total. The van der Waals surface area contributed by atoms with Gasteiger partial charge in [0.1, 0.15) is 5.82 Å². The number of fused-ring (bicyclic) bond motifs is 1. The molecule has 9 heteroatoms. The molecule has 0 unspecified atom stereocenters. The monoisotopic (exact) mass is 434 g/mol. The van der Waals surface area contributed by atoms with Crippen LogP contribution in [0.2, 0.25) is 0 Å². The molecule has 0 atom stereocenters. The number of benzene rings is 2. The van der Waals surface area contributed by atoms with Crippen molar-refractivity contribution in [2.75, 3.05) is 29.5 Å². The molecule has 0 spiro atoms. The summed E-state index contributed by atoms with van der Waals surface area (Å²) in [5, 5.41) is 3.08. The van der Waals surface area contributed by atoms with Crippen molar-refractivity contribution in [1.29, 1.82) is 0 Å². The molecule has 1 aliphatic heterocycles. The van der Waals surface area contributed by atoms with Crippen LogP contribution in [-0.2, 0) is 10.0 Å².